The number of thioether (sulfide) groups is 1. The topological polar surface area (TPSA) is 111 Å². The predicted octanol–water partition coefficient (Wildman–Crippen LogP) is 7.31. The Morgan fingerprint density at radius 2 is 1.80 bits per heavy atom. The summed E-state index contributed by atoms with van der Waals surface area (Å²) < 4.78 is 17.6. The van der Waals surface area contributed by atoms with E-state index in [0.717, 1.165) is 12.0 Å². The standard InChI is InChI=1S/C32H30ClN3O6S2/c1-4-16-42-24-15-12-20(17-25(24)41-5-2)27-26(28(37)19-10-13-22(40-3)14-11-19)29(38)30(39)36(27)31-34-35-32(44-31)43-18-21-8-6-7-9-23(21)33/h6-15,17,27,37H,4-5,16,18H2,1-3H3. The van der Waals surface area contributed by atoms with E-state index in [1.807, 2.05) is 38.1 Å². The van der Waals surface area contributed by atoms with Crippen LogP contribution in [0.15, 0.2) is 76.6 Å². The number of rotatable bonds is 12. The molecule has 12 heteroatoms. The van der Waals surface area contributed by atoms with Gasteiger partial charge in [-0.3, -0.25) is 14.5 Å². The number of ketones is 1. The molecule has 9 nitrogen and oxygen atoms in total. The van der Waals surface area contributed by atoms with Crippen LogP contribution in [0.4, 0.5) is 5.13 Å². The maximum Gasteiger partial charge on any atom is 0.301 e. The minimum atomic E-state index is -1.01. The van der Waals surface area contributed by atoms with E-state index in [2.05, 4.69) is 10.2 Å². The van der Waals surface area contributed by atoms with E-state index in [0.29, 0.717) is 56.7 Å². The third-order valence-electron chi connectivity index (χ3n) is 6.76. The average molecular weight is 652 g/mol. The van der Waals surface area contributed by atoms with Gasteiger partial charge < -0.3 is 19.3 Å². The van der Waals surface area contributed by atoms with Gasteiger partial charge in [-0.1, -0.05) is 65.9 Å². The van der Waals surface area contributed by atoms with E-state index in [-0.39, 0.29) is 16.5 Å². The van der Waals surface area contributed by atoms with Gasteiger partial charge in [-0.25, -0.2) is 0 Å². The fourth-order valence-corrected chi connectivity index (χ4v) is 6.81. The van der Waals surface area contributed by atoms with Crippen molar-refractivity contribution in [2.75, 3.05) is 25.2 Å². The summed E-state index contributed by atoms with van der Waals surface area (Å²) in [7, 11) is 1.54. The van der Waals surface area contributed by atoms with Crippen molar-refractivity contribution in [1.29, 1.82) is 0 Å². The van der Waals surface area contributed by atoms with Crippen LogP contribution in [0, 0.1) is 0 Å². The van der Waals surface area contributed by atoms with Crippen molar-refractivity contribution in [3.8, 4) is 17.2 Å². The number of nitrogens with zero attached hydrogens (tertiary/aromatic N) is 3. The van der Waals surface area contributed by atoms with Gasteiger partial charge in [0, 0.05) is 16.3 Å². The lowest BCUT2D eigenvalue weighted by atomic mass is 9.95. The van der Waals surface area contributed by atoms with Gasteiger partial charge in [0.25, 0.3) is 5.78 Å². The van der Waals surface area contributed by atoms with Gasteiger partial charge in [0.15, 0.2) is 15.8 Å². The number of benzene rings is 3. The monoisotopic (exact) mass is 651 g/mol. The summed E-state index contributed by atoms with van der Waals surface area (Å²) in [5.41, 5.74) is 1.75. The number of aliphatic hydroxyl groups is 1. The van der Waals surface area contributed by atoms with Crippen LogP contribution in [0.5, 0.6) is 17.2 Å². The number of Topliss-reactive ketones (excluding diaryl/α,β-unsaturated/α-hetero) is 1. The Morgan fingerprint density at radius 3 is 2.50 bits per heavy atom. The van der Waals surface area contributed by atoms with Crippen LogP contribution in [0.25, 0.3) is 5.76 Å². The molecule has 4 aromatic rings. The van der Waals surface area contributed by atoms with Gasteiger partial charge >= 0.3 is 5.91 Å². The van der Waals surface area contributed by atoms with Gasteiger partial charge in [0.05, 0.1) is 31.9 Å². The largest absolute Gasteiger partial charge is 0.507 e. The van der Waals surface area contributed by atoms with Crippen LogP contribution in [0.3, 0.4) is 0 Å². The van der Waals surface area contributed by atoms with Crippen molar-refractivity contribution in [2.45, 2.75) is 36.4 Å². The second-order valence-electron chi connectivity index (χ2n) is 9.62. The molecule has 2 heterocycles. The van der Waals surface area contributed by atoms with Crippen LogP contribution in [-0.4, -0.2) is 47.3 Å². The molecule has 1 aliphatic rings. The molecule has 5 rings (SSSR count). The van der Waals surface area contributed by atoms with Gasteiger partial charge in [-0.15, -0.1) is 10.2 Å². The zero-order chi connectivity index (χ0) is 31.2. The molecule has 1 N–H and O–H groups in total. The summed E-state index contributed by atoms with van der Waals surface area (Å²) in [5.74, 6) is 0.144. The summed E-state index contributed by atoms with van der Waals surface area (Å²) in [4.78, 5) is 28.6. The number of hydrogen-bond acceptors (Lipinski definition) is 10. The summed E-state index contributed by atoms with van der Waals surface area (Å²) in [6, 6.07) is 18.3. The van der Waals surface area contributed by atoms with Crippen LogP contribution >= 0.6 is 34.7 Å². The lowest BCUT2D eigenvalue weighted by Crippen LogP contribution is -2.29. The first kappa shape index (κ1) is 31.4. The number of ether oxygens (including phenoxy) is 3. The number of carbonyl (C=O) groups excluding carboxylic acids is 2. The first-order valence-corrected chi connectivity index (χ1v) is 16.1. The molecule has 44 heavy (non-hydrogen) atoms. The molecule has 1 aliphatic heterocycles. The Bertz CT molecular complexity index is 1690. The van der Waals surface area contributed by atoms with Crippen LogP contribution in [0.1, 0.15) is 43.0 Å². The highest BCUT2D eigenvalue weighted by molar-refractivity contribution is 8.00. The number of carbonyl (C=O) groups is 2. The van der Waals surface area contributed by atoms with Crippen molar-refractivity contribution in [1.82, 2.24) is 10.2 Å². The highest BCUT2D eigenvalue weighted by atomic mass is 35.5. The van der Waals surface area contributed by atoms with Crippen molar-refractivity contribution >= 4 is 57.3 Å². The van der Waals surface area contributed by atoms with Crippen LogP contribution in [-0.2, 0) is 15.3 Å². The Labute approximate surface area is 268 Å². The molecule has 0 radical (unpaired) electrons. The highest BCUT2D eigenvalue weighted by Gasteiger charge is 2.48. The number of hydrogen-bond donors (Lipinski definition) is 1. The van der Waals surface area contributed by atoms with E-state index in [4.69, 9.17) is 25.8 Å². The molecule has 1 aromatic heterocycles. The van der Waals surface area contributed by atoms with Gasteiger partial charge in [-0.05, 0) is 66.9 Å². The predicted molar refractivity (Wildman–Crippen MR) is 172 cm³/mol. The van der Waals surface area contributed by atoms with E-state index >= 15 is 0 Å². The summed E-state index contributed by atoms with van der Waals surface area (Å²) in [6.07, 6.45) is 0.809. The second kappa shape index (κ2) is 14.1. The van der Waals surface area contributed by atoms with E-state index < -0.39 is 17.7 Å². The Kier molecular flexibility index (Phi) is 10.1. The fourth-order valence-electron chi connectivity index (χ4n) is 4.66. The Balaban J connectivity index is 1.58. The lowest BCUT2D eigenvalue weighted by molar-refractivity contribution is -0.132. The Morgan fingerprint density at radius 1 is 1.02 bits per heavy atom. The maximum atomic E-state index is 13.7. The zero-order valence-corrected chi connectivity index (χ0v) is 26.7. The minimum absolute atomic E-state index is 0.0784. The summed E-state index contributed by atoms with van der Waals surface area (Å²) in [6.45, 7) is 4.73. The SMILES string of the molecule is CCCOc1ccc(C2C(=C(O)c3ccc(OC)cc3)C(=O)C(=O)N2c2nnc(SCc3ccccc3Cl)s2)cc1OCC. The van der Waals surface area contributed by atoms with Crippen LogP contribution in [0.2, 0.25) is 5.02 Å². The number of aliphatic hydroxyl groups excluding tert-OH is 1. The van der Waals surface area contributed by atoms with E-state index in [9.17, 15) is 14.7 Å². The van der Waals surface area contributed by atoms with E-state index in [1.54, 1.807) is 42.5 Å². The number of methoxy groups -OCH3 is 1. The molecular weight excluding hydrogens is 622 g/mol. The van der Waals surface area contributed by atoms with Crippen molar-refractivity contribution in [3.05, 3.63) is 94.0 Å². The quantitative estimate of drug-likeness (QED) is 0.0554. The number of aromatic nitrogens is 2. The van der Waals surface area contributed by atoms with Crippen molar-refractivity contribution in [2.24, 2.45) is 0 Å². The molecule has 1 amide bonds. The number of anilines is 1. The first-order chi connectivity index (χ1) is 21.4. The smallest absolute Gasteiger partial charge is 0.301 e. The maximum absolute atomic E-state index is 13.7. The van der Waals surface area contributed by atoms with E-state index in [1.165, 1.54) is 35.1 Å². The molecule has 3 aromatic carbocycles. The minimum Gasteiger partial charge on any atom is -0.507 e. The highest BCUT2D eigenvalue weighted by Crippen LogP contribution is 2.46. The Hall–Kier alpha value is -4.06. The molecule has 1 atom stereocenters. The molecular formula is C32H30ClN3O6S2. The molecule has 0 spiro atoms. The molecule has 1 saturated heterocycles. The third kappa shape index (κ3) is 6.54. The first-order valence-electron chi connectivity index (χ1n) is 13.9. The van der Waals surface area contributed by atoms with Gasteiger partial charge in [0.2, 0.25) is 5.13 Å². The van der Waals surface area contributed by atoms with Crippen LogP contribution < -0.4 is 19.1 Å². The number of amides is 1. The molecule has 228 valence electrons. The molecule has 0 aliphatic carbocycles. The van der Waals surface area contributed by atoms with Crippen molar-refractivity contribution in [3.63, 3.8) is 0 Å². The molecule has 0 saturated carbocycles. The molecule has 0 bridgehead atoms. The lowest BCUT2D eigenvalue weighted by Gasteiger charge is -2.23. The average Bonchev–Trinajstić information content (AvgIpc) is 3.61. The molecule has 1 unspecified atom stereocenters. The van der Waals surface area contributed by atoms with Crippen molar-refractivity contribution < 1.29 is 28.9 Å². The normalized spacial score (nSPS) is 15.9. The summed E-state index contributed by atoms with van der Waals surface area (Å²) >= 11 is 8.91. The fraction of sp³-hybridized carbons (Fsp3) is 0.250. The molecule has 1 fully saturated rings. The van der Waals surface area contributed by atoms with Gasteiger partial charge in [-0.2, -0.15) is 0 Å². The second-order valence-corrected chi connectivity index (χ2v) is 12.2. The zero-order valence-electron chi connectivity index (χ0n) is 24.3. The third-order valence-corrected chi connectivity index (χ3v) is 9.24. The van der Waals surface area contributed by atoms with Gasteiger partial charge in [0.1, 0.15) is 11.5 Å². The number of halogens is 1. The summed E-state index contributed by atoms with van der Waals surface area (Å²) in [5, 5.41) is 20.9.